The first-order valence-electron chi connectivity index (χ1n) is 8.91. The Kier molecular flexibility index (Phi) is 7.40. The molecular formula is C19H32N4. The lowest BCUT2D eigenvalue weighted by Crippen LogP contribution is -2.40. The second kappa shape index (κ2) is 9.56. The van der Waals surface area contributed by atoms with Crippen molar-refractivity contribution in [1.82, 2.24) is 15.1 Å². The number of hydrogen-bond donors (Lipinski definition) is 1. The first-order valence-corrected chi connectivity index (χ1v) is 8.91. The van der Waals surface area contributed by atoms with Crippen molar-refractivity contribution in [2.45, 2.75) is 26.2 Å². The molecule has 23 heavy (non-hydrogen) atoms. The van der Waals surface area contributed by atoms with Crippen LogP contribution in [0.1, 0.15) is 25.3 Å². The van der Waals surface area contributed by atoms with E-state index in [4.69, 9.17) is 4.99 Å². The van der Waals surface area contributed by atoms with Gasteiger partial charge in [-0.15, -0.1) is 0 Å². The van der Waals surface area contributed by atoms with Crippen LogP contribution < -0.4 is 5.32 Å². The molecule has 4 heteroatoms. The van der Waals surface area contributed by atoms with Crippen LogP contribution in [-0.4, -0.2) is 62.6 Å². The summed E-state index contributed by atoms with van der Waals surface area (Å²) in [5, 5.41) is 3.46. The van der Waals surface area contributed by atoms with Crippen LogP contribution in [-0.2, 0) is 6.42 Å². The molecular weight excluding hydrogens is 284 g/mol. The summed E-state index contributed by atoms with van der Waals surface area (Å²) in [6.45, 7) is 7.32. The fourth-order valence-corrected chi connectivity index (χ4v) is 3.14. The number of nitrogens with zero attached hydrogens (tertiary/aromatic N) is 3. The van der Waals surface area contributed by atoms with Gasteiger partial charge in [-0.05, 0) is 58.3 Å². The van der Waals surface area contributed by atoms with E-state index in [1.54, 1.807) is 0 Å². The van der Waals surface area contributed by atoms with Crippen molar-refractivity contribution in [2.75, 3.05) is 46.8 Å². The third-order valence-electron chi connectivity index (χ3n) is 4.31. The minimum absolute atomic E-state index is 0.739. The minimum Gasteiger partial charge on any atom is -0.357 e. The number of hydrogen-bond acceptors (Lipinski definition) is 2. The third kappa shape index (κ3) is 6.22. The number of guanidine groups is 1. The SMILES string of the molecule is CCNC(=NCCCN(C)C)N1CCC(Cc2ccccc2)C1. The monoisotopic (exact) mass is 316 g/mol. The highest BCUT2D eigenvalue weighted by molar-refractivity contribution is 5.80. The Labute approximate surface area is 141 Å². The predicted molar refractivity (Wildman–Crippen MR) is 99.0 cm³/mol. The molecule has 1 aromatic rings. The number of likely N-dealkylation sites (tertiary alicyclic amines) is 1. The molecule has 1 fully saturated rings. The lowest BCUT2D eigenvalue weighted by atomic mass is 9.99. The average molecular weight is 316 g/mol. The number of rotatable bonds is 7. The fraction of sp³-hybridized carbons (Fsp3) is 0.632. The van der Waals surface area contributed by atoms with Gasteiger partial charge in [0, 0.05) is 26.2 Å². The largest absolute Gasteiger partial charge is 0.357 e. The molecule has 1 unspecified atom stereocenters. The molecule has 0 amide bonds. The summed E-state index contributed by atoms with van der Waals surface area (Å²) < 4.78 is 0. The summed E-state index contributed by atoms with van der Waals surface area (Å²) >= 11 is 0. The Bertz CT molecular complexity index is 470. The molecule has 128 valence electrons. The Morgan fingerprint density at radius 1 is 1.30 bits per heavy atom. The summed E-state index contributed by atoms with van der Waals surface area (Å²) in [6, 6.07) is 10.8. The van der Waals surface area contributed by atoms with Gasteiger partial charge in [-0.1, -0.05) is 30.3 Å². The van der Waals surface area contributed by atoms with Crippen LogP contribution in [0.25, 0.3) is 0 Å². The van der Waals surface area contributed by atoms with E-state index in [0.29, 0.717) is 0 Å². The molecule has 0 aromatic heterocycles. The number of aliphatic imine (C=N–C) groups is 1. The Morgan fingerprint density at radius 3 is 2.78 bits per heavy atom. The molecule has 1 saturated heterocycles. The smallest absolute Gasteiger partial charge is 0.193 e. The third-order valence-corrected chi connectivity index (χ3v) is 4.31. The standard InChI is InChI=1S/C19H32N4/c1-4-20-19(21-12-8-13-22(2)3)23-14-11-18(16-23)15-17-9-6-5-7-10-17/h5-7,9-10,18H,4,8,11-16H2,1-3H3,(H,20,21). The Balaban J connectivity index is 1.84. The zero-order chi connectivity index (χ0) is 16.5. The van der Waals surface area contributed by atoms with Gasteiger partial charge in [-0.3, -0.25) is 4.99 Å². The quantitative estimate of drug-likeness (QED) is 0.476. The van der Waals surface area contributed by atoms with Crippen molar-refractivity contribution in [1.29, 1.82) is 0 Å². The van der Waals surface area contributed by atoms with Crippen LogP contribution in [0.15, 0.2) is 35.3 Å². The Hall–Kier alpha value is -1.55. The van der Waals surface area contributed by atoms with Crippen molar-refractivity contribution < 1.29 is 0 Å². The second-order valence-corrected chi connectivity index (χ2v) is 6.68. The summed E-state index contributed by atoms with van der Waals surface area (Å²) in [5.74, 6) is 1.84. The van der Waals surface area contributed by atoms with Gasteiger partial charge in [-0.25, -0.2) is 0 Å². The molecule has 1 N–H and O–H groups in total. The van der Waals surface area contributed by atoms with E-state index in [0.717, 1.165) is 51.0 Å². The molecule has 0 bridgehead atoms. The fourth-order valence-electron chi connectivity index (χ4n) is 3.14. The molecule has 0 saturated carbocycles. The van der Waals surface area contributed by atoms with Gasteiger partial charge < -0.3 is 15.1 Å². The van der Waals surface area contributed by atoms with E-state index in [1.807, 2.05) is 0 Å². The molecule has 1 aliphatic rings. The van der Waals surface area contributed by atoms with Crippen LogP contribution in [0.3, 0.4) is 0 Å². The predicted octanol–water partition coefficient (Wildman–Crippen LogP) is 2.47. The number of benzene rings is 1. The van der Waals surface area contributed by atoms with E-state index in [2.05, 4.69) is 66.5 Å². The van der Waals surface area contributed by atoms with Crippen LogP contribution in [0, 0.1) is 5.92 Å². The summed E-state index contributed by atoms with van der Waals surface area (Å²) in [6.07, 6.45) is 3.55. The van der Waals surface area contributed by atoms with E-state index in [9.17, 15) is 0 Å². The average Bonchev–Trinajstić information content (AvgIpc) is 2.99. The lowest BCUT2D eigenvalue weighted by molar-refractivity contribution is 0.401. The summed E-state index contributed by atoms with van der Waals surface area (Å²) in [4.78, 5) is 9.47. The van der Waals surface area contributed by atoms with Crippen LogP contribution >= 0.6 is 0 Å². The van der Waals surface area contributed by atoms with Crippen molar-refractivity contribution in [2.24, 2.45) is 10.9 Å². The van der Waals surface area contributed by atoms with Gasteiger partial charge in [0.2, 0.25) is 0 Å². The van der Waals surface area contributed by atoms with Crippen molar-refractivity contribution in [3.05, 3.63) is 35.9 Å². The van der Waals surface area contributed by atoms with Crippen LogP contribution in [0.4, 0.5) is 0 Å². The molecule has 2 rings (SSSR count). The van der Waals surface area contributed by atoms with E-state index in [-0.39, 0.29) is 0 Å². The molecule has 1 aromatic carbocycles. The maximum Gasteiger partial charge on any atom is 0.193 e. The van der Waals surface area contributed by atoms with Crippen LogP contribution in [0.5, 0.6) is 0 Å². The van der Waals surface area contributed by atoms with Crippen LogP contribution in [0.2, 0.25) is 0 Å². The summed E-state index contributed by atoms with van der Waals surface area (Å²) in [5.41, 5.74) is 1.45. The molecule has 0 radical (unpaired) electrons. The van der Waals surface area contributed by atoms with E-state index < -0.39 is 0 Å². The first kappa shape index (κ1) is 17.8. The molecule has 1 heterocycles. The zero-order valence-corrected chi connectivity index (χ0v) is 15.0. The van der Waals surface area contributed by atoms with E-state index in [1.165, 1.54) is 18.4 Å². The molecule has 0 aliphatic carbocycles. The lowest BCUT2D eigenvalue weighted by Gasteiger charge is -2.22. The number of nitrogens with one attached hydrogen (secondary N) is 1. The second-order valence-electron chi connectivity index (χ2n) is 6.68. The molecule has 4 nitrogen and oxygen atoms in total. The van der Waals surface area contributed by atoms with Crippen molar-refractivity contribution in [3.8, 4) is 0 Å². The highest BCUT2D eigenvalue weighted by atomic mass is 15.3. The zero-order valence-electron chi connectivity index (χ0n) is 15.0. The van der Waals surface area contributed by atoms with Gasteiger partial charge in [0.05, 0.1) is 0 Å². The van der Waals surface area contributed by atoms with Gasteiger partial charge in [0.25, 0.3) is 0 Å². The van der Waals surface area contributed by atoms with Gasteiger partial charge in [0.15, 0.2) is 5.96 Å². The highest BCUT2D eigenvalue weighted by Gasteiger charge is 2.24. The normalized spacial score (nSPS) is 18.7. The topological polar surface area (TPSA) is 30.9 Å². The van der Waals surface area contributed by atoms with Crippen molar-refractivity contribution in [3.63, 3.8) is 0 Å². The van der Waals surface area contributed by atoms with Crippen molar-refractivity contribution >= 4 is 5.96 Å². The van der Waals surface area contributed by atoms with Gasteiger partial charge in [-0.2, -0.15) is 0 Å². The minimum atomic E-state index is 0.739. The molecule has 1 aliphatic heterocycles. The molecule has 0 spiro atoms. The van der Waals surface area contributed by atoms with E-state index >= 15 is 0 Å². The maximum atomic E-state index is 4.81. The summed E-state index contributed by atoms with van der Waals surface area (Å²) in [7, 11) is 4.23. The van der Waals surface area contributed by atoms with Gasteiger partial charge in [0.1, 0.15) is 0 Å². The maximum absolute atomic E-state index is 4.81. The molecule has 1 atom stereocenters. The van der Waals surface area contributed by atoms with Gasteiger partial charge >= 0.3 is 0 Å². The Morgan fingerprint density at radius 2 is 2.09 bits per heavy atom. The highest BCUT2D eigenvalue weighted by Crippen LogP contribution is 2.20. The first-order chi connectivity index (χ1) is 11.2.